The summed E-state index contributed by atoms with van der Waals surface area (Å²) in [5, 5.41) is 0. The lowest BCUT2D eigenvalue weighted by molar-refractivity contribution is 0.101. The molecule has 0 aliphatic rings. The number of Topliss-reactive ketones (excluding diaryl/α,β-unsaturated/α-hetero) is 1. The van der Waals surface area contributed by atoms with Crippen LogP contribution in [-0.4, -0.2) is 21.3 Å². The quantitative estimate of drug-likeness (QED) is 0.780. The number of nitrogens with one attached hydrogen (secondary N) is 1. The molecule has 0 fully saturated rings. The SMILES string of the molecule is CCC(NS(=O)(=O)c1cccc(C(C)=O)c1)c1ccc(OC)cc1. The normalized spacial score (nSPS) is 12.6. The van der Waals surface area contributed by atoms with Crippen LogP contribution in [0.3, 0.4) is 0 Å². The Bertz CT molecular complexity index is 813. The van der Waals surface area contributed by atoms with Crippen molar-refractivity contribution < 1.29 is 17.9 Å². The molecule has 1 N–H and O–H groups in total. The molecule has 24 heavy (non-hydrogen) atoms. The number of benzene rings is 2. The fraction of sp³-hybridized carbons (Fsp3) is 0.278. The van der Waals surface area contributed by atoms with Crippen molar-refractivity contribution in [3.63, 3.8) is 0 Å². The van der Waals surface area contributed by atoms with Crippen LogP contribution in [0.1, 0.15) is 42.2 Å². The molecule has 0 aliphatic heterocycles. The molecule has 2 aromatic carbocycles. The van der Waals surface area contributed by atoms with Gasteiger partial charge in [0.1, 0.15) is 5.75 Å². The number of ether oxygens (including phenoxy) is 1. The lowest BCUT2D eigenvalue weighted by atomic mass is 10.1. The Morgan fingerprint density at radius 1 is 1.17 bits per heavy atom. The molecular weight excluding hydrogens is 326 g/mol. The highest BCUT2D eigenvalue weighted by Gasteiger charge is 2.21. The van der Waals surface area contributed by atoms with Gasteiger partial charge in [0.25, 0.3) is 0 Å². The Morgan fingerprint density at radius 3 is 2.38 bits per heavy atom. The van der Waals surface area contributed by atoms with Crippen LogP contribution in [0.25, 0.3) is 0 Å². The van der Waals surface area contributed by atoms with E-state index in [4.69, 9.17) is 4.74 Å². The van der Waals surface area contributed by atoms with Gasteiger partial charge in [-0.25, -0.2) is 13.1 Å². The Morgan fingerprint density at radius 2 is 1.83 bits per heavy atom. The smallest absolute Gasteiger partial charge is 0.241 e. The molecule has 5 nitrogen and oxygen atoms in total. The highest BCUT2D eigenvalue weighted by atomic mass is 32.2. The minimum atomic E-state index is -3.72. The Kier molecular flexibility index (Phi) is 5.75. The van der Waals surface area contributed by atoms with E-state index in [0.29, 0.717) is 17.7 Å². The molecule has 128 valence electrons. The van der Waals surface area contributed by atoms with E-state index < -0.39 is 10.0 Å². The molecule has 0 radical (unpaired) electrons. The number of rotatable bonds is 7. The molecule has 0 amide bonds. The van der Waals surface area contributed by atoms with Crippen molar-refractivity contribution in [3.8, 4) is 5.75 Å². The summed E-state index contributed by atoms with van der Waals surface area (Å²) in [6, 6.07) is 12.9. The van der Waals surface area contributed by atoms with Gasteiger partial charge in [0.15, 0.2) is 5.78 Å². The van der Waals surface area contributed by atoms with E-state index in [1.54, 1.807) is 31.4 Å². The maximum atomic E-state index is 12.6. The number of carbonyl (C=O) groups is 1. The third kappa shape index (κ3) is 4.21. The molecule has 0 aliphatic carbocycles. The minimum absolute atomic E-state index is 0.0853. The summed E-state index contributed by atoms with van der Waals surface area (Å²) in [5.74, 6) is 0.542. The second-order valence-electron chi connectivity index (χ2n) is 5.44. The highest BCUT2D eigenvalue weighted by Crippen LogP contribution is 2.23. The lowest BCUT2D eigenvalue weighted by Gasteiger charge is -2.18. The van der Waals surface area contributed by atoms with Crippen LogP contribution in [0.2, 0.25) is 0 Å². The number of hydrogen-bond donors (Lipinski definition) is 1. The molecule has 2 aromatic rings. The second-order valence-corrected chi connectivity index (χ2v) is 7.15. The van der Waals surface area contributed by atoms with Gasteiger partial charge in [0.2, 0.25) is 10.0 Å². The van der Waals surface area contributed by atoms with Crippen LogP contribution in [-0.2, 0) is 10.0 Å². The van der Waals surface area contributed by atoms with E-state index in [1.807, 2.05) is 19.1 Å². The zero-order valence-corrected chi connectivity index (χ0v) is 14.8. The molecule has 0 aromatic heterocycles. The largest absolute Gasteiger partial charge is 0.497 e. The number of sulfonamides is 1. The molecule has 6 heteroatoms. The number of hydrogen-bond acceptors (Lipinski definition) is 4. The molecule has 0 saturated carbocycles. The summed E-state index contributed by atoms with van der Waals surface area (Å²) in [5.41, 5.74) is 1.22. The summed E-state index contributed by atoms with van der Waals surface area (Å²) in [4.78, 5) is 11.5. The fourth-order valence-electron chi connectivity index (χ4n) is 2.36. The maximum Gasteiger partial charge on any atom is 0.241 e. The number of ketones is 1. The summed E-state index contributed by atoms with van der Waals surface area (Å²) in [7, 11) is -2.14. The van der Waals surface area contributed by atoms with Crippen molar-refractivity contribution in [2.75, 3.05) is 7.11 Å². The molecule has 0 spiro atoms. The van der Waals surface area contributed by atoms with E-state index in [9.17, 15) is 13.2 Å². The van der Waals surface area contributed by atoms with Gasteiger partial charge >= 0.3 is 0 Å². The van der Waals surface area contributed by atoms with Gasteiger partial charge in [0.05, 0.1) is 12.0 Å². The Balaban J connectivity index is 2.28. The average molecular weight is 347 g/mol. The fourth-order valence-corrected chi connectivity index (χ4v) is 3.71. The first-order valence-electron chi connectivity index (χ1n) is 7.64. The molecule has 2 rings (SSSR count). The van der Waals surface area contributed by atoms with Crippen molar-refractivity contribution >= 4 is 15.8 Å². The Labute approximate surface area is 142 Å². The van der Waals surface area contributed by atoms with Gasteiger partial charge in [-0.2, -0.15) is 0 Å². The third-order valence-electron chi connectivity index (χ3n) is 3.77. The van der Waals surface area contributed by atoms with Crippen LogP contribution in [0.15, 0.2) is 53.4 Å². The predicted molar refractivity (Wildman–Crippen MR) is 92.8 cm³/mol. The molecule has 0 saturated heterocycles. The number of carbonyl (C=O) groups excluding carboxylic acids is 1. The molecular formula is C18H21NO4S. The van der Waals surface area contributed by atoms with Crippen molar-refractivity contribution in [3.05, 3.63) is 59.7 Å². The van der Waals surface area contributed by atoms with E-state index >= 15 is 0 Å². The average Bonchev–Trinajstić information content (AvgIpc) is 2.60. The van der Waals surface area contributed by atoms with Crippen molar-refractivity contribution in [1.29, 1.82) is 0 Å². The zero-order valence-electron chi connectivity index (χ0n) is 13.9. The van der Waals surface area contributed by atoms with E-state index in [1.165, 1.54) is 19.1 Å². The van der Waals surface area contributed by atoms with E-state index in [0.717, 1.165) is 5.56 Å². The predicted octanol–water partition coefficient (Wildman–Crippen LogP) is 3.33. The van der Waals surface area contributed by atoms with Crippen molar-refractivity contribution in [2.45, 2.75) is 31.2 Å². The summed E-state index contributed by atoms with van der Waals surface area (Å²) in [6.07, 6.45) is 0.595. The van der Waals surface area contributed by atoms with Gasteiger partial charge < -0.3 is 4.74 Å². The second kappa shape index (κ2) is 7.59. The lowest BCUT2D eigenvalue weighted by Crippen LogP contribution is -2.28. The first-order chi connectivity index (χ1) is 11.4. The molecule has 0 bridgehead atoms. The van der Waals surface area contributed by atoms with E-state index in [2.05, 4.69) is 4.72 Å². The van der Waals surface area contributed by atoms with Crippen LogP contribution in [0, 0.1) is 0 Å². The highest BCUT2D eigenvalue weighted by molar-refractivity contribution is 7.89. The van der Waals surface area contributed by atoms with Gasteiger partial charge in [-0.3, -0.25) is 4.79 Å². The maximum absolute atomic E-state index is 12.6. The number of methoxy groups -OCH3 is 1. The summed E-state index contributed by atoms with van der Waals surface area (Å²) < 4.78 is 33.1. The molecule has 1 atom stereocenters. The van der Waals surface area contributed by atoms with Gasteiger partial charge in [-0.05, 0) is 43.2 Å². The Hall–Kier alpha value is -2.18. The van der Waals surface area contributed by atoms with Gasteiger partial charge in [0, 0.05) is 11.6 Å². The third-order valence-corrected chi connectivity index (χ3v) is 5.24. The van der Waals surface area contributed by atoms with Gasteiger partial charge in [-0.1, -0.05) is 31.2 Å². The van der Waals surface area contributed by atoms with Crippen LogP contribution >= 0.6 is 0 Å². The van der Waals surface area contributed by atoms with Crippen LogP contribution in [0.5, 0.6) is 5.75 Å². The van der Waals surface area contributed by atoms with E-state index in [-0.39, 0.29) is 16.7 Å². The van der Waals surface area contributed by atoms with Gasteiger partial charge in [-0.15, -0.1) is 0 Å². The summed E-state index contributed by atoms with van der Waals surface area (Å²) in [6.45, 7) is 3.31. The summed E-state index contributed by atoms with van der Waals surface area (Å²) >= 11 is 0. The van der Waals surface area contributed by atoms with Crippen molar-refractivity contribution in [1.82, 2.24) is 4.72 Å². The molecule has 0 heterocycles. The topological polar surface area (TPSA) is 72.5 Å². The first-order valence-corrected chi connectivity index (χ1v) is 9.13. The zero-order chi connectivity index (χ0) is 17.7. The standard InChI is InChI=1S/C18H21NO4S/c1-4-18(14-8-10-16(23-3)11-9-14)19-24(21,22)17-7-5-6-15(12-17)13(2)20/h5-12,18-19H,4H2,1-3H3. The van der Waals surface area contributed by atoms with Crippen LogP contribution in [0.4, 0.5) is 0 Å². The van der Waals surface area contributed by atoms with Crippen LogP contribution < -0.4 is 9.46 Å². The van der Waals surface area contributed by atoms with Crippen molar-refractivity contribution in [2.24, 2.45) is 0 Å². The first kappa shape index (κ1) is 18.2. The molecule has 1 unspecified atom stereocenters. The minimum Gasteiger partial charge on any atom is -0.497 e. The monoisotopic (exact) mass is 347 g/mol.